The summed E-state index contributed by atoms with van der Waals surface area (Å²) in [6, 6.07) is 10.1. The van der Waals surface area contributed by atoms with E-state index in [0.717, 1.165) is 0 Å². The van der Waals surface area contributed by atoms with Gasteiger partial charge >= 0.3 is 0 Å². The molecular formula is C29H38O9. The van der Waals surface area contributed by atoms with E-state index in [9.17, 15) is 5.11 Å². The Kier molecular flexibility index (Phi) is 11.1. The number of benzene rings is 3. The third-order valence-electron chi connectivity index (χ3n) is 5.92. The van der Waals surface area contributed by atoms with Gasteiger partial charge in [0.05, 0.1) is 62.8 Å². The molecule has 0 saturated carbocycles. The van der Waals surface area contributed by atoms with E-state index in [4.69, 9.17) is 37.9 Å². The molecule has 0 unspecified atom stereocenters. The maximum atomic E-state index is 11.3. The second-order valence-electron chi connectivity index (χ2n) is 7.59. The molecule has 3 aromatic rings. The second kappa shape index (κ2) is 14.0. The highest BCUT2D eigenvalue weighted by atomic mass is 16.5. The van der Waals surface area contributed by atoms with Gasteiger partial charge in [-0.3, -0.25) is 0 Å². The number of phenols is 1. The van der Waals surface area contributed by atoms with Crippen LogP contribution in [-0.2, 0) is 0 Å². The highest BCUT2D eigenvalue weighted by molar-refractivity contribution is 5.69. The van der Waals surface area contributed by atoms with Crippen molar-refractivity contribution in [3.8, 4) is 51.7 Å². The van der Waals surface area contributed by atoms with Crippen LogP contribution in [0.1, 0.15) is 36.5 Å². The molecule has 0 fully saturated rings. The van der Waals surface area contributed by atoms with Crippen LogP contribution in [0.25, 0.3) is 0 Å². The van der Waals surface area contributed by atoms with Crippen molar-refractivity contribution in [2.24, 2.45) is 0 Å². The van der Waals surface area contributed by atoms with Crippen LogP contribution in [0.3, 0.4) is 0 Å². The molecule has 9 heteroatoms. The van der Waals surface area contributed by atoms with E-state index >= 15 is 0 Å². The van der Waals surface area contributed by atoms with Crippen LogP contribution in [0.2, 0.25) is 0 Å². The highest BCUT2D eigenvalue weighted by Gasteiger charge is 2.35. The van der Waals surface area contributed by atoms with Crippen molar-refractivity contribution in [2.75, 3.05) is 56.9 Å². The first kappa shape index (κ1) is 30.1. The number of methoxy groups -OCH3 is 8. The number of ether oxygens (including phenoxy) is 8. The average Bonchev–Trinajstić information content (AvgIpc) is 2.97. The van der Waals surface area contributed by atoms with Crippen LogP contribution in [0, 0.1) is 0 Å². The van der Waals surface area contributed by atoms with Crippen LogP contribution >= 0.6 is 0 Å². The summed E-state index contributed by atoms with van der Waals surface area (Å²) < 4.78 is 45.1. The Hall–Kier alpha value is -4.14. The van der Waals surface area contributed by atoms with Crippen molar-refractivity contribution in [1.82, 2.24) is 0 Å². The molecule has 0 saturated heterocycles. The lowest BCUT2D eigenvalue weighted by Crippen LogP contribution is -2.12. The average molecular weight is 531 g/mol. The van der Waals surface area contributed by atoms with E-state index in [1.54, 1.807) is 73.0 Å². The van der Waals surface area contributed by atoms with Crippen molar-refractivity contribution < 1.29 is 43.0 Å². The fraction of sp³-hybridized carbons (Fsp3) is 0.379. The molecule has 38 heavy (non-hydrogen) atoms. The molecule has 0 aliphatic heterocycles. The van der Waals surface area contributed by atoms with Crippen molar-refractivity contribution in [3.05, 3.63) is 53.1 Å². The predicted octanol–water partition coefficient (Wildman–Crippen LogP) is 5.67. The van der Waals surface area contributed by atoms with Crippen LogP contribution in [-0.4, -0.2) is 62.0 Å². The third kappa shape index (κ3) is 5.88. The smallest absolute Gasteiger partial charge is 0.130 e. The number of hydrogen-bond acceptors (Lipinski definition) is 9. The van der Waals surface area contributed by atoms with Crippen molar-refractivity contribution >= 4 is 0 Å². The zero-order valence-corrected chi connectivity index (χ0v) is 23.8. The van der Waals surface area contributed by atoms with Crippen LogP contribution in [0.15, 0.2) is 36.4 Å². The second-order valence-corrected chi connectivity index (χ2v) is 7.59. The van der Waals surface area contributed by atoms with Gasteiger partial charge in [-0.2, -0.15) is 0 Å². The number of phenolic OH excluding ortho intramolecular Hbond substituents is 1. The van der Waals surface area contributed by atoms with Crippen LogP contribution in [0.5, 0.6) is 51.7 Å². The zero-order valence-electron chi connectivity index (χ0n) is 23.8. The minimum absolute atomic E-state index is 0.0731. The lowest BCUT2D eigenvalue weighted by Gasteiger charge is -2.28. The van der Waals surface area contributed by atoms with Gasteiger partial charge in [-0.1, -0.05) is 13.8 Å². The van der Waals surface area contributed by atoms with E-state index in [0.29, 0.717) is 62.7 Å². The Morgan fingerprint density at radius 2 is 0.684 bits per heavy atom. The molecule has 0 aromatic heterocycles. The normalized spacial score (nSPS) is 10.2. The van der Waals surface area contributed by atoms with E-state index in [1.807, 2.05) is 13.8 Å². The van der Waals surface area contributed by atoms with E-state index in [1.165, 1.54) is 20.3 Å². The molecule has 1 N–H and O–H groups in total. The minimum Gasteiger partial charge on any atom is -0.507 e. The van der Waals surface area contributed by atoms with Gasteiger partial charge < -0.3 is 43.0 Å². The van der Waals surface area contributed by atoms with Gasteiger partial charge in [0.2, 0.25) is 0 Å². The molecule has 0 atom stereocenters. The van der Waals surface area contributed by atoms with E-state index in [2.05, 4.69) is 0 Å². The molecule has 208 valence electrons. The summed E-state index contributed by atoms with van der Waals surface area (Å²) in [5.74, 6) is 2.85. The van der Waals surface area contributed by atoms with E-state index < -0.39 is 5.92 Å². The molecular weight excluding hydrogens is 492 g/mol. The summed E-state index contributed by atoms with van der Waals surface area (Å²) in [6.45, 7) is 4.00. The van der Waals surface area contributed by atoms with Crippen LogP contribution < -0.4 is 37.9 Å². The van der Waals surface area contributed by atoms with E-state index in [-0.39, 0.29) is 5.75 Å². The van der Waals surface area contributed by atoms with Gasteiger partial charge in [-0.05, 0) is 0 Å². The van der Waals surface area contributed by atoms with Gasteiger partial charge in [0.25, 0.3) is 0 Å². The van der Waals surface area contributed by atoms with Crippen molar-refractivity contribution in [1.29, 1.82) is 0 Å². The molecule has 3 rings (SSSR count). The van der Waals surface area contributed by atoms with Gasteiger partial charge in [0, 0.05) is 53.1 Å². The third-order valence-corrected chi connectivity index (χ3v) is 5.92. The lowest BCUT2D eigenvalue weighted by atomic mass is 9.81. The first-order valence-corrected chi connectivity index (χ1v) is 12.0. The summed E-state index contributed by atoms with van der Waals surface area (Å²) in [7, 11) is 12.3. The summed E-state index contributed by atoms with van der Waals surface area (Å²) in [6.07, 6.45) is 0. The maximum absolute atomic E-state index is 11.3. The Labute approximate surface area is 224 Å². The summed E-state index contributed by atoms with van der Waals surface area (Å²) in [5.41, 5.74) is 1.59. The van der Waals surface area contributed by atoms with Gasteiger partial charge in [-0.15, -0.1) is 0 Å². The summed E-state index contributed by atoms with van der Waals surface area (Å²) in [4.78, 5) is 0. The molecule has 0 aliphatic carbocycles. The summed E-state index contributed by atoms with van der Waals surface area (Å²) >= 11 is 0. The molecule has 0 heterocycles. The number of aromatic hydroxyl groups is 1. The molecule has 0 bridgehead atoms. The maximum Gasteiger partial charge on any atom is 0.130 e. The monoisotopic (exact) mass is 530 g/mol. The van der Waals surface area contributed by atoms with Crippen molar-refractivity contribution in [2.45, 2.75) is 19.8 Å². The molecule has 0 aliphatic rings. The first-order valence-electron chi connectivity index (χ1n) is 12.0. The predicted molar refractivity (Wildman–Crippen MR) is 146 cm³/mol. The SMILES string of the molecule is CC.COc1cc(O)c(C(c2c(OC)cc(OC)cc2OC)c2c(OC)cc(OC)cc2OC)c(OC)c1. The molecule has 0 amide bonds. The summed E-state index contributed by atoms with van der Waals surface area (Å²) in [5, 5.41) is 11.3. The Balaban J connectivity index is 0.00000247. The molecule has 0 radical (unpaired) electrons. The molecule has 3 aromatic carbocycles. The molecule has 0 spiro atoms. The number of rotatable bonds is 11. The topological polar surface area (TPSA) is 94.1 Å². The lowest BCUT2D eigenvalue weighted by molar-refractivity contribution is 0.354. The quantitative estimate of drug-likeness (QED) is 0.315. The first-order chi connectivity index (χ1) is 18.4. The number of hydrogen-bond donors (Lipinski definition) is 1. The standard InChI is InChI=1S/C27H32O9.C2H6/c1-29-15-9-18(28)24(19(10-15)32-4)27(25-20(33-5)11-16(30-2)12-21(25)34-6)26-22(35-7)13-17(31-3)14-23(26)36-8;1-2/h9-14,27-28H,1-8H3;1-2H3. The highest BCUT2D eigenvalue weighted by Crippen LogP contribution is 2.55. The van der Waals surface area contributed by atoms with Crippen LogP contribution in [0.4, 0.5) is 0 Å². The van der Waals surface area contributed by atoms with Crippen molar-refractivity contribution in [3.63, 3.8) is 0 Å². The fourth-order valence-electron chi connectivity index (χ4n) is 4.23. The Morgan fingerprint density at radius 3 is 0.947 bits per heavy atom. The van der Waals surface area contributed by atoms with Gasteiger partial charge in [0.1, 0.15) is 51.7 Å². The van der Waals surface area contributed by atoms with Gasteiger partial charge in [-0.25, -0.2) is 0 Å². The van der Waals surface area contributed by atoms with Gasteiger partial charge in [0.15, 0.2) is 0 Å². The Bertz CT molecular complexity index is 1090. The largest absolute Gasteiger partial charge is 0.507 e. The Morgan fingerprint density at radius 1 is 0.421 bits per heavy atom. The minimum atomic E-state index is -0.752. The zero-order chi connectivity index (χ0) is 28.4. The fourth-order valence-corrected chi connectivity index (χ4v) is 4.23. The molecule has 9 nitrogen and oxygen atoms in total.